The highest BCUT2D eigenvalue weighted by molar-refractivity contribution is 5.95. The van der Waals surface area contributed by atoms with Crippen molar-refractivity contribution in [2.24, 2.45) is 5.92 Å². The predicted molar refractivity (Wildman–Crippen MR) is 41.2 cm³/mol. The molecule has 2 fully saturated rings. The molecule has 2 unspecified atom stereocenters. The maximum atomic E-state index is 13.2. The van der Waals surface area contributed by atoms with Crippen molar-refractivity contribution in [2.45, 2.75) is 24.1 Å². The Labute approximate surface area is 91.0 Å². The molecule has 2 rings (SSSR count). The van der Waals surface area contributed by atoms with E-state index in [1.807, 2.05) is 0 Å². The van der Waals surface area contributed by atoms with Crippen LogP contribution in [-0.2, 0) is 9.59 Å². The fourth-order valence-electron chi connectivity index (χ4n) is 2.47. The number of fused-ring (bicyclic) bond motifs is 1. The quantitative estimate of drug-likeness (QED) is 0.711. The van der Waals surface area contributed by atoms with Crippen molar-refractivity contribution in [3.8, 4) is 0 Å². The molecular formula is C8H6F5NO3. The third-order valence-corrected chi connectivity index (χ3v) is 3.25. The Morgan fingerprint density at radius 2 is 1.82 bits per heavy atom. The monoisotopic (exact) mass is 259 g/mol. The van der Waals surface area contributed by atoms with Gasteiger partial charge in [-0.2, -0.15) is 13.2 Å². The number of piperidine rings is 1. The number of likely N-dealkylation sites (tertiary alicyclic amines) is 1. The second kappa shape index (κ2) is 2.88. The van der Waals surface area contributed by atoms with Gasteiger partial charge in [0, 0.05) is 6.54 Å². The zero-order valence-corrected chi connectivity index (χ0v) is 8.09. The Bertz CT molecular complexity index is 406. The second-order valence-electron chi connectivity index (χ2n) is 3.99. The lowest BCUT2D eigenvalue weighted by molar-refractivity contribution is -0.193. The number of hydrogen-bond donors (Lipinski definition) is 1. The second-order valence-corrected chi connectivity index (χ2v) is 3.99. The van der Waals surface area contributed by atoms with Crippen LogP contribution in [0.15, 0.2) is 0 Å². The van der Waals surface area contributed by atoms with Crippen LogP contribution in [0.3, 0.4) is 0 Å². The van der Waals surface area contributed by atoms with Crippen LogP contribution < -0.4 is 0 Å². The number of carboxylic acids is 1. The summed E-state index contributed by atoms with van der Waals surface area (Å²) in [6.45, 7) is -0.620. The molecule has 2 aliphatic rings. The van der Waals surface area contributed by atoms with Gasteiger partial charge in [-0.25, -0.2) is 13.6 Å². The SMILES string of the molecule is O=C(N1CCC2C(F)(F)C21C(=O)O)C(F)(F)F. The number of halogens is 5. The first kappa shape index (κ1) is 12.1. The van der Waals surface area contributed by atoms with Gasteiger partial charge in [0.15, 0.2) is 0 Å². The van der Waals surface area contributed by atoms with Crippen molar-refractivity contribution in [3.05, 3.63) is 0 Å². The fraction of sp³-hybridized carbons (Fsp3) is 0.750. The van der Waals surface area contributed by atoms with Crippen LogP contribution in [0.4, 0.5) is 22.0 Å². The molecule has 0 spiro atoms. The number of rotatable bonds is 1. The molecule has 1 N–H and O–H groups in total. The molecule has 2 atom stereocenters. The molecule has 1 aliphatic heterocycles. The number of nitrogens with zero attached hydrogens (tertiary/aromatic N) is 1. The van der Waals surface area contributed by atoms with Gasteiger partial charge in [-0.15, -0.1) is 0 Å². The lowest BCUT2D eigenvalue weighted by atomic mass is 10.2. The Morgan fingerprint density at radius 1 is 1.29 bits per heavy atom. The standard InChI is InChI=1S/C8H6F5NO3/c9-7(10)3-1-2-14(4(15)8(11,12)13)6(3,7)5(16)17/h3H,1-2H2,(H,16,17). The van der Waals surface area contributed by atoms with Crippen molar-refractivity contribution in [1.29, 1.82) is 0 Å². The number of amides is 1. The maximum Gasteiger partial charge on any atom is 0.471 e. The summed E-state index contributed by atoms with van der Waals surface area (Å²) in [5, 5.41) is 8.69. The smallest absolute Gasteiger partial charge is 0.471 e. The minimum atomic E-state index is -5.35. The minimum absolute atomic E-state index is 0.264. The summed E-state index contributed by atoms with van der Waals surface area (Å²) in [5.74, 6) is -10.1. The minimum Gasteiger partial charge on any atom is -0.479 e. The van der Waals surface area contributed by atoms with Gasteiger partial charge in [0.05, 0.1) is 5.92 Å². The van der Waals surface area contributed by atoms with Gasteiger partial charge in [0.1, 0.15) is 0 Å². The van der Waals surface area contributed by atoms with Crippen molar-refractivity contribution in [2.75, 3.05) is 6.54 Å². The first-order valence-electron chi connectivity index (χ1n) is 4.58. The normalized spacial score (nSPS) is 34.4. The molecule has 1 aliphatic carbocycles. The number of aliphatic carboxylic acids is 1. The Kier molecular flexibility index (Phi) is 2.04. The van der Waals surface area contributed by atoms with E-state index in [0.717, 1.165) is 0 Å². The van der Waals surface area contributed by atoms with Gasteiger partial charge < -0.3 is 10.0 Å². The van der Waals surface area contributed by atoms with Crippen LogP contribution in [0, 0.1) is 5.92 Å². The largest absolute Gasteiger partial charge is 0.479 e. The number of alkyl halides is 5. The summed E-state index contributed by atoms with van der Waals surface area (Å²) in [6.07, 6.45) is -5.79. The van der Waals surface area contributed by atoms with E-state index in [0.29, 0.717) is 0 Å². The Balaban J connectivity index is 2.39. The molecule has 0 aromatic heterocycles. The summed E-state index contributed by atoms with van der Waals surface area (Å²) >= 11 is 0. The van der Waals surface area contributed by atoms with E-state index in [1.54, 1.807) is 0 Å². The first-order chi connectivity index (χ1) is 7.58. The molecule has 0 bridgehead atoms. The summed E-state index contributed by atoms with van der Waals surface area (Å²) < 4.78 is 62.9. The van der Waals surface area contributed by atoms with Crippen molar-refractivity contribution < 1.29 is 36.6 Å². The Morgan fingerprint density at radius 3 is 2.18 bits per heavy atom. The molecule has 1 saturated carbocycles. The van der Waals surface area contributed by atoms with E-state index >= 15 is 0 Å². The topological polar surface area (TPSA) is 57.6 Å². The van der Waals surface area contributed by atoms with Gasteiger partial charge in [0.25, 0.3) is 5.92 Å². The molecule has 96 valence electrons. The highest BCUT2D eigenvalue weighted by atomic mass is 19.4. The van der Waals surface area contributed by atoms with Gasteiger partial charge in [-0.1, -0.05) is 0 Å². The van der Waals surface area contributed by atoms with Crippen LogP contribution in [0.1, 0.15) is 6.42 Å². The van der Waals surface area contributed by atoms with E-state index in [2.05, 4.69) is 0 Å². The number of carbonyl (C=O) groups excluding carboxylic acids is 1. The highest BCUT2D eigenvalue weighted by Gasteiger charge is 2.91. The number of carboxylic acid groups (broad SMARTS) is 1. The van der Waals surface area contributed by atoms with E-state index in [1.165, 1.54) is 0 Å². The van der Waals surface area contributed by atoms with E-state index < -0.39 is 48.4 Å². The van der Waals surface area contributed by atoms with Crippen LogP contribution in [0.25, 0.3) is 0 Å². The summed E-state index contributed by atoms with van der Waals surface area (Å²) in [4.78, 5) is 21.4. The van der Waals surface area contributed by atoms with E-state index in [-0.39, 0.29) is 4.90 Å². The molecule has 1 amide bonds. The van der Waals surface area contributed by atoms with E-state index in [9.17, 15) is 31.5 Å². The van der Waals surface area contributed by atoms with Crippen molar-refractivity contribution >= 4 is 11.9 Å². The molecule has 0 aromatic rings. The molecule has 9 heteroatoms. The predicted octanol–water partition coefficient (Wildman–Crippen LogP) is 0.869. The fourth-order valence-corrected chi connectivity index (χ4v) is 2.47. The Hall–Kier alpha value is -1.41. The zero-order chi connectivity index (χ0) is 13.2. The molecule has 4 nitrogen and oxygen atoms in total. The van der Waals surface area contributed by atoms with Crippen LogP contribution in [0.2, 0.25) is 0 Å². The lowest BCUT2D eigenvalue weighted by Crippen LogP contribution is -2.53. The summed E-state index contributed by atoms with van der Waals surface area (Å²) in [5.41, 5.74) is -3.00. The molecule has 0 aromatic carbocycles. The van der Waals surface area contributed by atoms with Crippen molar-refractivity contribution in [3.63, 3.8) is 0 Å². The first-order valence-corrected chi connectivity index (χ1v) is 4.58. The lowest BCUT2D eigenvalue weighted by Gasteiger charge is -2.26. The molecule has 1 saturated heterocycles. The van der Waals surface area contributed by atoms with Gasteiger partial charge in [0.2, 0.25) is 5.54 Å². The number of carbonyl (C=O) groups is 2. The average molecular weight is 259 g/mol. The molecular weight excluding hydrogens is 253 g/mol. The van der Waals surface area contributed by atoms with Gasteiger partial charge in [-0.3, -0.25) is 4.79 Å². The third-order valence-electron chi connectivity index (χ3n) is 3.25. The van der Waals surface area contributed by atoms with Crippen LogP contribution >= 0.6 is 0 Å². The average Bonchev–Trinajstić information content (AvgIpc) is 2.56. The van der Waals surface area contributed by atoms with E-state index in [4.69, 9.17) is 5.11 Å². The molecule has 1 heterocycles. The zero-order valence-electron chi connectivity index (χ0n) is 8.09. The van der Waals surface area contributed by atoms with Crippen LogP contribution in [-0.4, -0.2) is 46.1 Å². The van der Waals surface area contributed by atoms with Gasteiger partial charge in [-0.05, 0) is 6.42 Å². The van der Waals surface area contributed by atoms with Crippen molar-refractivity contribution in [1.82, 2.24) is 4.90 Å². The molecule has 17 heavy (non-hydrogen) atoms. The maximum absolute atomic E-state index is 13.2. The summed E-state index contributed by atoms with van der Waals surface area (Å²) in [6, 6.07) is 0. The highest BCUT2D eigenvalue weighted by Crippen LogP contribution is 2.67. The van der Waals surface area contributed by atoms with Gasteiger partial charge >= 0.3 is 18.1 Å². The number of hydrogen-bond acceptors (Lipinski definition) is 2. The third kappa shape index (κ3) is 1.16. The van der Waals surface area contributed by atoms with Crippen LogP contribution in [0.5, 0.6) is 0 Å². The molecule has 0 radical (unpaired) electrons. The summed E-state index contributed by atoms with van der Waals surface area (Å²) in [7, 11) is 0.